The van der Waals surface area contributed by atoms with Crippen LogP contribution in [-0.2, 0) is 9.53 Å². The SMILES string of the molecule is COCC(C)CNC(=O)N(CC(=O)O)c1ccccc1. The van der Waals surface area contributed by atoms with Crippen LogP contribution in [0.1, 0.15) is 6.92 Å². The van der Waals surface area contributed by atoms with Crippen molar-refractivity contribution in [3.8, 4) is 0 Å². The third-order valence-electron chi connectivity index (χ3n) is 2.66. The van der Waals surface area contributed by atoms with Crippen LogP contribution >= 0.6 is 0 Å². The predicted octanol–water partition coefficient (Wildman–Crippen LogP) is 1.57. The Morgan fingerprint density at radius 2 is 2.00 bits per heavy atom. The maximum absolute atomic E-state index is 12.1. The Balaban J connectivity index is 2.68. The molecule has 6 nitrogen and oxygen atoms in total. The zero-order valence-corrected chi connectivity index (χ0v) is 11.7. The normalized spacial score (nSPS) is 11.7. The van der Waals surface area contributed by atoms with Gasteiger partial charge in [-0.1, -0.05) is 25.1 Å². The van der Waals surface area contributed by atoms with Gasteiger partial charge >= 0.3 is 12.0 Å². The molecular weight excluding hydrogens is 260 g/mol. The van der Waals surface area contributed by atoms with Crippen molar-refractivity contribution < 1.29 is 19.4 Å². The highest BCUT2D eigenvalue weighted by Gasteiger charge is 2.18. The number of amides is 2. The molecule has 1 unspecified atom stereocenters. The lowest BCUT2D eigenvalue weighted by atomic mass is 10.2. The molecule has 0 saturated heterocycles. The second kappa shape index (κ2) is 8.16. The summed E-state index contributed by atoms with van der Waals surface area (Å²) in [5, 5.41) is 11.6. The van der Waals surface area contributed by atoms with Crippen LogP contribution < -0.4 is 10.2 Å². The van der Waals surface area contributed by atoms with Crippen LogP contribution in [0.4, 0.5) is 10.5 Å². The molecule has 0 spiro atoms. The lowest BCUT2D eigenvalue weighted by Gasteiger charge is -2.22. The van der Waals surface area contributed by atoms with Crippen LogP contribution in [0.5, 0.6) is 0 Å². The highest BCUT2D eigenvalue weighted by atomic mass is 16.5. The molecule has 0 saturated carbocycles. The summed E-state index contributed by atoms with van der Waals surface area (Å²) >= 11 is 0. The Kier molecular flexibility index (Phi) is 6.52. The number of hydrogen-bond acceptors (Lipinski definition) is 3. The number of nitrogens with one attached hydrogen (secondary N) is 1. The average molecular weight is 280 g/mol. The van der Waals surface area contributed by atoms with Gasteiger partial charge in [-0.3, -0.25) is 9.69 Å². The Bertz CT molecular complexity index is 436. The molecule has 0 bridgehead atoms. The number of carboxylic acids is 1. The number of methoxy groups -OCH3 is 1. The van der Waals surface area contributed by atoms with E-state index in [1.54, 1.807) is 37.4 Å². The number of rotatable bonds is 7. The molecule has 20 heavy (non-hydrogen) atoms. The molecule has 1 rings (SSSR count). The van der Waals surface area contributed by atoms with Crippen LogP contribution in [0.3, 0.4) is 0 Å². The highest BCUT2D eigenvalue weighted by Crippen LogP contribution is 2.13. The number of aliphatic carboxylic acids is 1. The second-order valence-corrected chi connectivity index (χ2v) is 4.56. The summed E-state index contributed by atoms with van der Waals surface area (Å²) in [4.78, 5) is 24.2. The van der Waals surface area contributed by atoms with Crippen molar-refractivity contribution in [1.82, 2.24) is 5.32 Å². The van der Waals surface area contributed by atoms with Crippen molar-refractivity contribution in [1.29, 1.82) is 0 Å². The first kappa shape index (κ1) is 16.0. The summed E-state index contributed by atoms with van der Waals surface area (Å²) in [5.41, 5.74) is 0.548. The number of carbonyl (C=O) groups excluding carboxylic acids is 1. The van der Waals surface area contributed by atoms with Crippen molar-refractivity contribution in [3.63, 3.8) is 0 Å². The molecule has 0 aliphatic rings. The van der Waals surface area contributed by atoms with E-state index in [-0.39, 0.29) is 12.5 Å². The molecule has 1 aromatic carbocycles. The summed E-state index contributed by atoms with van der Waals surface area (Å²) in [6, 6.07) is 8.28. The van der Waals surface area contributed by atoms with E-state index in [2.05, 4.69) is 5.32 Å². The van der Waals surface area contributed by atoms with Gasteiger partial charge in [-0.05, 0) is 18.1 Å². The van der Waals surface area contributed by atoms with E-state index in [0.717, 1.165) is 0 Å². The van der Waals surface area contributed by atoms with E-state index < -0.39 is 12.0 Å². The Labute approximate surface area is 118 Å². The monoisotopic (exact) mass is 280 g/mol. The van der Waals surface area contributed by atoms with Gasteiger partial charge in [-0.2, -0.15) is 0 Å². The zero-order chi connectivity index (χ0) is 15.0. The summed E-state index contributed by atoms with van der Waals surface area (Å²) in [7, 11) is 1.60. The molecule has 0 fully saturated rings. The van der Waals surface area contributed by atoms with Crippen molar-refractivity contribution in [2.45, 2.75) is 6.92 Å². The number of benzene rings is 1. The van der Waals surface area contributed by atoms with Crippen molar-refractivity contribution in [3.05, 3.63) is 30.3 Å². The fraction of sp³-hybridized carbons (Fsp3) is 0.429. The van der Waals surface area contributed by atoms with Crippen LogP contribution in [0, 0.1) is 5.92 Å². The van der Waals surface area contributed by atoms with Crippen LogP contribution in [-0.4, -0.2) is 43.9 Å². The van der Waals surface area contributed by atoms with Crippen molar-refractivity contribution in [2.24, 2.45) is 5.92 Å². The van der Waals surface area contributed by atoms with E-state index in [0.29, 0.717) is 18.8 Å². The van der Waals surface area contributed by atoms with E-state index in [4.69, 9.17) is 9.84 Å². The van der Waals surface area contributed by atoms with E-state index in [1.165, 1.54) is 4.90 Å². The number of para-hydroxylation sites is 1. The quantitative estimate of drug-likeness (QED) is 0.794. The summed E-state index contributed by atoms with van der Waals surface area (Å²) in [6.45, 7) is 2.52. The van der Waals surface area contributed by atoms with Crippen LogP contribution in [0.2, 0.25) is 0 Å². The summed E-state index contributed by atoms with van der Waals surface area (Å²) < 4.78 is 4.99. The van der Waals surface area contributed by atoms with E-state index >= 15 is 0 Å². The van der Waals surface area contributed by atoms with Gasteiger partial charge in [-0.25, -0.2) is 4.79 Å². The maximum atomic E-state index is 12.1. The summed E-state index contributed by atoms with van der Waals surface area (Å²) in [6.07, 6.45) is 0. The Hall–Kier alpha value is -2.08. The number of hydrogen-bond donors (Lipinski definition) is 2. The van der Waals surface area contributed by atoms with Gasteiger partial charge in [0.2, 0.25) is 0 Å². The third-order valence-corrected chi connectivity index (χ3v) is 2.66. The van der Waals surface area contributed by atoms with Gasteiger partial charge in [0.1, 0.15) is 6.54 Å². The van der Waals surface area contributed by atoms with Gasteiger partial charge in [0, 0.05) is 19.3 Å². The summed E-state index contributed by atoms with van der Waals surface area (Å²) in [5.74, 6) is -0.902. The molecule has 6 heteroatoms. The number of anilines is 1. The number of urea groups is 1. The largest absolute Gasteiger partial charge is 0.480 e. The molecule has 2 N–H and O–H groups in total. The van der Waals surface area contributed by atoms with E-state index in [9.17, 15) is 9.59 Å². The lowest BCUT2D eigenvalue weighted by molar-refractivity contribution is -0.135. The predicted molar refractivity (Wildman–Crippen MR) is 75.9 cm³/mol. The van der Waals surface area contributed by atoms with Crippen molar-refractivity contribution >= 4 is 17.7 Å². The number of carbonyl (C=O) groups is 2. The number of ether oxygens (including phenoxy) is 1. The second-order valence-electron chi connectivity index (χ2n) is 4.56. The van der Waals surface area contributed by atoms with Gasteiger partial charge in [-0.15, -0.1) is 0 Å². The Morgan fingerprint density at radius 3 is 2.55 bits per heavy atom. The Morgan fingerprint density at radius 1 is 1.35 bits per heavy atom. The molecule has 0 radical (unpaired) electrons. The maximum Gasteiger partial charge on any atom is 0.323 e. The molecule has 110 valence electrons. The fourth-order valence-corrected chi connectivity index (χ4v) is 1.72. The minimum absolute atomic E-state index is 0.159. The first-order valence-electron chi connectivity index (χ1n) is 6.35. The highest BCUT2D eigenvalue weighted by molar-refractivity contribution is 5.96. The molecule has 0 heterocycles. The zero-order valence-electron chi connectivity index (χ0n) is 11.7. The first-order chi connectivity index (χ1) is 9.54. The van der Waals surface area contributed by atoms with Crippen LogP contribution in [0.15, 0.2) is 30.3 Å². The first-order valence-corrected chi connectivity index (χ1v) is 6.35. The van der Waals surface area contributed by atoms with Gasteiger partial charge in [0.25, 0.3) is 0 Å². The van der Waals surface area contributed by atoms with E-state index in [1.807, 2.05) is 6.92 Å². The average Bonchev–Trinajstić information content (AvgIpc) is 2.43. The van der Waals surface area contributed by atoms with Crippen LogP contribution in [0.25, 0.3) is 0 Å². The molecular formula is C14H20N2O4. The molecule has 0 aliphatic carbocycles. The van der Waals surface area contributed by atoms with Gasteiger partial charge in [0.15, 0.2) is 0 Å². The fourth-order valence-electron chi connectivity index (χ4n) is 1.72. The van der Waals surface area contributed by atoms with Gasteiger partial charge < -0.3 is 15.2 Å². The minimum atomic E-state index is -1.06. The standard InChI is InChI=1S/C14H20N2O4/c1-11(10-20-2)8-15-14(19)16(9-13(17)18)12-6-4-3-5-7-12/h3-7,11H,8-10H2,1-2H3,(H,15,19)(H,17,18). The molecule has 1 atom stereocenters. The lowest BCUT2D eigenvalue weighted by Crippen LogP contribution is -2.44. The number of nitrogens with zero attached hydrogens (tertiary/aromatic N) is 1. The molecule has 0 aromatic heterocycles. The smallest absolute Gasteiger partial charge is 0.323 e. The number of carboxylic acid groups (broad SMARTS) is 1. The molecule has 0 aliphatic heterocycles. The van der Waals surface area contributed by atoms with Crippen molar-refractivity contribution in [2.75, 3.05) is 31.7 Å². The minimum Gasteiger partial charge on any atom is -0.480 e. The third kappa shape index (κ3) is 5.27. The molecule has 2 amide bonds. The topological polar surface area (TPSA) is 78.9 Å². The molecule has 1 aromatic rings. The van der Waals surface area contributed by atoms with Gasteiger partial charge in [0.05, 0.1) is 6.61 Å².